The van der Waals surface area contributed by atoms with E-state index in [4.69, 9.17) is 9.15 Å². The molecule has 10 heteroatoms. The zero-order valence-corrected chi connectivity index (χ0v) is 15.0. The van der Waals surface area contributed by atoms with E-state index in [0.29, 0.717) is 18.3 Å². The Balaban J connectivity index is 1.79. The molecule has 1 aromatic heterocycles. The molecular formula is C17H23N5O5. The topological polar surface area (TPSA) is 120 Å². The Hall–Kier alpha value is -2.85. The van der Waals surface area contributed by atoms with Crippen molar-refractivity contribution in [3.8, 4) is 0 Å². The number of hydrogen-bond donors (Lipinski definition) is 3. The average molecular weight is 377 g/mol. The number of aliphatic imine (C=N–C) groups is 1. The molecular weight excluding hydrogens is 354 g/mol. The first-order chi connectivity index (χ1) is 13.0. The number of imide groups is 1. The number of guanidine groups is 1. The number of amides is 3. The third-order valence-electron chi connectivity index (χ3n) is 4.34. The predicted octanol–water partition coefficient (Wildman–Crippen LogP) is -0.519. The molecule has 27 heavy (non-hydrogen) atoms. The monoisotopic (exact) mass is 377 g/mol. The van der Waals surface area contributed by atoms with E-state index >= 15 is 0 Å². The molecule has 2 fully saturated rings. The molecule has 10 nitrogen and oxygen atoms in total. The number of aliphatic hydroxyl groups excluding tert-OH is 1. The number of aliphatic hydroxyl groups is 1. The van der Waals surface area contributed by atoms with Crippen LogP contribution in [0.5, 0.6) is 0 Å². The van der Waals surface area contributed by atoms with E-state index < -0.39 is 30.2 Å². The van der Waals surface area contributed by atoms with Crippen molar-refractivity contribution in [2.75, 3.05) is 26.8 Å². The molecule has 0 bridgehead atoms. The van der Waals surface area contributed by atoms with Gasteiger partial charge in [0.1, 0.15) is 18.5 Å². The number of carbonyl (C=O) groups is 2. The fraction of sp³-hybridized carbons (Fsp3) is 0.471. The van der Waals surface area contributed by atoms with Crippen LogP contribution in [0.2, 0.25) is 0 Å². The highest BCUT2D eigenvalue weighted by atomic mass is 16.5. The second kappa shape index (κ2) is 8.23. The summed E-state index contributed by atoms with van der Waals surface area (Å²) >= 11 is 0. The van der Waals surface area contributed by atoms with E-state index in [1.807, 2.05) is 0 Å². The van der Waals surface area contributed by atoms with Crippen LogP contribution in [-0.4, -0.2) is 77.9 Å². The molecule has 2 saturated heterocycles. The van der Waals surface area contributed by atoms with Gasteiger partial charge in [-0.25, -0.2) is 9.79 Å². The van der Waals surface area contributed by atoms with Crippen LogP contribution in [0.15, 0.2) is 40.5 Å². The molecule has 146 valence electrons. The summed E-state index contributed by atoms with van der Waals surface area (Å²) in [6, 6.07) is 2.35. The van der Waals surface area contributed by atoms with Gasteiger partial charge in [0.25, 0.3) is 5.91 Å². The number of carbonyl (C=O) groups excluding carboxylic acids is 2. The third kappa shape index (κ3) is 4.12. The number of urea groups is 1. The van der Waals surface area contributed by atoms with Crippen LogP contribution in [0, 0.1) is 0 Å². The van der Waals surface area contributed by atoms with Crippen LogP contribution < -0.4 is 10.6 Å². The number of hydrogen-bond acceptors (Lipinski definition) is 6. The summed E-state index contributed by atoms with van der Waals surface area (Å²) in [5, 5.41) is 15.7. The quantitative estimate of drug-likeness (QED) is 0.412. The van der Waals surface area contributed by atoms with Gasteiger partial charge in [0.05, 0.1) is 25.6 Å². The van der Waals surface area contributed by atoms with Gasteiger partial charge in [0, 0.05) is 13.6 Å². The maximum Gasteiger partial charge on any atom is 0.325 e. The van der Waals surface area contributed by atoms with Crippen molar-refractivity contribution in [3.05, 3.63) is 36.8 Å². The van der Waals surface area contributed by atoms with E-state index in [2.05, 4.69) is 22.2 Å². The van der Waals surface area contributed by atoms with Crippen molar-refractivity contribution in [1.29, 1.82) is 0 Å². The molecule has 3 heterocycles. The Morgan fingerprint density at radius 1 is 1.52 bits per heavy atom. The summed E-state index contributed by atoms with van der Waals surface area (Å²) in [5.41, 5.74) is 0. The van der Waals surface area contributed by atoms with Crippen LogP contribution in [0.3, 0.4) is 0 Å². The second-order valence-electron chi connectivity index (χ2n) is 6.29. The average Bonchev–Trinajstić information content (AvgIpc) is 3.26. The fourth-order valence-corrected chi connectivity index (χ4v) is 3.04. The number of furan rings is 1. The first-order valence-electron chi connectivity index (χ1n) is 8.55. The number of fused-ring (bicyclic) bond motifs is 1. The summed E-state index contributed by atoms with van der Waals surface area (Å²) in [7, 11) is 1.59. The van der Waals surface area contributed by atoms with Crippen molar-refractivity contribution in [2.45, 2.75) is 24.9 Å². The number of nitrogens with zero attached hydrogens (tertiary/aromatic N) is 3. The number of likely N-dealkylation sites (N-methyl/N-ethyl adjacent to an activating group) is 1. The molecule has 3 amide bonds. The van der Waals surface area contributed by atoms with Gasteiger partial charge in [-0.05, 0) is 12.1 Å². The lowest BCUT2D eigenvalue weighted by atomic mass is 10.1. The van der Waals surface area contributed by atoms with Gasteiger partial charge in [-0.3, -0.25) is 10.1 Å². The zero-order chi connectivity index (χ0) is 19.4. The minimum Gasteiger partial charge on any atom is -0.467 e. The summed E-state index contributed by atoms with van der Waals surface area (Å²) in [5.74, 6) is 0.613. The van der Waals surface area contributed by atoms with Gasteiger partial charge in [-0.15, -0.1) is 6.58 Å². The maximum atomic E-state index is 12.4. The van der Waals surface area contributed by atoms with Gasteiger partial charge in [-0.2, -0.15) is 0 Å². The van der Waals surface area contributed by atoms with Gasteiger partial charge < -0.3 is 29.4 Å². The summed E-state index contributed by atoms with van der Waals surface area (Å²) in [4.78, 5) is 31.8. The predicted molar refractivity (Wildman–Crippen MR) is 95.6 cm³/mol. The van der Waals surface area contributed by atoms with Crippen molar-refractivity contribution in [2.24, 2.45) is 4.99 Å². The minimum absolute atomic E-state index is 0.0851. The molecule has 0 radical (unpaired) electrons. The molecule has 0 aliphatic carbocycles. The van der Waals surface area contributed by atoms with E-state index in [-0.39, 0.29) is 19.7 Å². The Labute approximate surface area is 156 Å². The van der Waals surface area contributed by atoms with Gasteiger partial charge in [0.2, 0.25) is 0 Å². The molecule has 2 aliphatic heterocycles. The lowest BCUT2D eigenvalue weighted by Crippen LogP contribution is -2.65. The minimum atomic E-state index is -0.852. The highest BCUT2D eigenvalue weighted by Gasteiger charge is 2.50. The standard InChI is InChI=1S/C17H23N5O5/c1-3-6-26-10-11(23)9-22-13-14(21(2)17(25)20-15(13)24)19-16(22)18-8-12-5-4-7-27-12/h3-5,7,11,13-14,23H,1,6,8-10H2,2H3,(H,18,19)(H,20,24,25). The van der Waals surface area contributed by atoms with Crippen molar-refractivity contribution >= 4 is 17.9 Å². The largest absolute Gasteiger partial charge is 0.467 e. The fourth-order valence-electron chi connectivity index (χ4n) is 3.04. The van der Waals surface area contributed by atoms with Crippen LogP contribution in [0.4, 0.5) is 4.79 Å². The third-order valence-corrected chi connectivity index (χ3v) is 4.34. The number of β-amino-alcohol motifs (C(OH)–C–C–N with tert-alkyl or cyclic N) is 1. The summed E-state index contributed by atoms with van der Waals surface area (Å²) in [6.07, 6.45) is 1.71. The van der Waals surface area contributed by atoms with Crippen LogP contribution in [0.1, 0.15) is 5.76 Å². The molecule has 0 spiro atoms. The summed E-state index contributed by atoms with van der Waals surface area (Å²) < 4.78 is 10.6. The first kappa shape index (κ1) is 18.9. The Bertz CT molecular complexity index is 719. The lowest BCUT2D eigenvalue weighted by molar-refractivity contribution is -0.127. The number of nitrogens with one attached hydrogen (secondary N) is 2. The SMILES string of the molecule is C=CCOCC(O)CN1C(=NCc2ccco2)NC2C1C(=O)NC(=O)N2C. The van der Waals surface area contributed by atoms with Gasteiger partial charge in [-0.1, -0.05) is 6.08 Å². The summed E-state index contributed by atoms with van der Waals surface area (Å²) in [6.45, 7) is 4.32. The van der Waals surface area contributed by atoms with Crippen LogP contribution >= 0.6 is 0 Å². The van der Waals surface area contributed by atoms with Gasteiger partial charge in [0.15, 0.2) is 12.0 Å². The van der Waals surface area contributed by atoms with Gasteiger partial charge >= 0.3 is 6.03 Å². The maximum absolute atomic E-state index is 12.4. The Morgan fingerprint density at radius 2 is 2.33 bits per heavy atom. The molecule has 3 N–H and O–H groups in total. The Kier molecular flexibility index (Phi) is 5.77. The van der Waals surface area contributed by atoms with E-state index in [1.165, 1.54) is 4.90 Å². The van der Waals surface area contributed by atoms with Crippen molar-refractivity contribution in [3.63, 3.8) is 0 Å². The number of ether oxygens (including phenoxy) is 1. The van der Waals surface area contributed by atoms with Crippen LogP contribution in [0.25, 0.3) is 0 Å². The number of rotatable bonds is 8. The lowest BCUT2D eigenvalue weighted by Gasteiger charge is -2.35. The zero-order valence-electron chi connectivity index (χ0n) is 15.0. The second-order valence-corrected chi connectivity index (χ2v) is 6.29. The molecule has 1 aromatic rings. The molecule has 3 atom stereocenters. The smallest absolute Gasteiger partial charge is 0.325 e. The highest BCUT2D eigenvalue weighted by Crippen LogP contribution is 2.21. The van der Waals surface area contributed by atoms with E-state index in [9.17, 15) is 14.7 Å². The molecule has 0 aromatic carbocycles. The van der Waals surface area contributed by atoms with E-state index in [0.717, 1.165) is 0 Å². The van der Waals surface area contributed by atoms with Crippen molar-refractivity contribution < 1.29 is 23.8 Å². The molecule has 3 unspecified atom stereocenters. The Morgan fingerprint density at radius 3 is 3.04 bits per heavy atom. The first-order valence-corrected chi connectivity index (χ1v) is 8.55. The van der Waals surface area contributed by atoms with E-state index in [1.54, 1.807) is 36.4 Å². The van der Waals surface area contributed by atoms with Crippen LogP contribution in [-0.2, 0) is 16.1 Å². The molecule has 2 aliphatic rings. The highest BCUT2D eigenvalue weighted by molar-refractivity contribution is 6.04. The normalized spacial score (nSPS) is 24.6. The van der Waals surface area contributed by atoms with Crippen molar-refractivity contribution in [1.82, 2.24) is 20.4 Å². The molecule has 3 rings (SSSR count). The molecule has 0 saturated carbocycles.